The SMILES string of the molecule is COc1ccccc1CNc1ccc(S(N)(=O)=O)cc1Br. The number of nitrogens with one attached hydrogen (secondary N) is 1. The van der Waals surface area contributed by atoms with Crippen molar-refractivity contribution < 1.29 is 13.2 Å². The molecule has 0 aromatic heterocycles. The highest BCUT2D eigenvalue weighted by atomic mass is 79.9. The van der Waals surface area contributed by atoms with Crippen LogP contribution in [0.1, 0.15) is 5.56 Å². The van der Waals surface area contributed by atoms with Crippen molar-refractivity contribution in [3.8, 4) is 5.75 Å². The Bertz CT molecular complexity index is 748. The summed E-state index contributed by atoms with van der Waals surface area (Å²) in [7, 11) is -2.08. The van der Waals surface area contributed by atoms with Crippen LogP contribution in [0.5, 0.6) is 5.75 Å². The molecule has 0 radical (unpaired) electrons. The van der Waals surface area contributed by atoms with Gasteiger partial charge in [-0.05, 0) is 40.2 Å². The Morgan fingerprint density at radius 3 is 2.57 bits per heavy atom. The topological polar surface area (TPSA) is 81.4 Å². The quantitative estimate of drug-likeness (QED) is 0.847. The van der Waals surface area contributed by atoms with E-state index in [9.17, 15) is 8.42 Å². The first kappa shape index (κ1) is 15.8. The van der Waals surface area contributed by atoms with E-state index in [-0.39, 0.29) is 4.90 Å². The van der Waals surface area contributed by atoms with Crippen molar-refractivity contribution in [3.05, 3.63) is 52.5 Å². The summed E-state index contributed by atoms with van der Waals surface area (Å²) in [5, 5.41) is 8.31. The first-order chi connectivity index (χ1) is 9.91. The van der Waals surface area contributed by atoms with Crippen LogP contribution in [-0.2, 0) is 16.6 Å². The van der Waals surface area contributed by atoms with Crippen molar-refractivity contribution in [1.82, 2.24) is 0 Å². The third-order valence-corrected chi connectivity index (χ3v) is 4.50. The predicted molar refractivity (Wildman–Crippen MR) is 85.8 cm³/mol. The van der Waals surface area contributed by atoms with Crippen LogP contribution in [0.25, 0.3) is 0 Å². The van der Waals surface area contributed by atoms with Crippen molar-refractivity contribution in [1.29, 1.82) is 0 Å². The van der Waals surface area contributed by atoms with Gasteiger partial charge in [0.1, 0.15) is 5.75 Å². The Labute approximate surface area is 132 Å². The van der Waals surface area contributed by atoms with Gasteiger partial charge in [0.15, 0.2) is 0 Å². The number of primary sulfonamides is 1. The first-order valence-electron chi connectivity index (χ1n) is 6.10. The second kappa shape index (κ2) is 6.46. The van der Waals surface area contributed by atoms with E-state index in [1.54, 1.807) is 13.2 Å². The second-order valence-electron chi connectivity index (χ2n) is 4.35. The predicted octanol–water partition coefficient (Wildman–Crippen LogP) is 2.72. The smallest absolute Gasteiger partial charge is 0.238 e. The number of methoxy groups -OCH3 is 1. The van der Waals surface area contributed by atoms with Crippen LogP contribution in [-0.4, -0.2) is 15.5 Å². The average molecular weight is 371 g/mol. The summed E-state index contributed by atoms with van der Waals surface area (Å²) in [6.45, 7) is 0.553. The van der Waals surface area contributed by atoms with E-state index < -0.39 is 10.0 Å². The number of nitrogens with two attached hydrogens (primary N) is 1. The highest BCUT2D eigenvalue weighted by Gasteiger charge is 2.10. The molecule has 0 saturated heterocycles. The van der Waals surface area contributed by atoms with Gasteiger partial charge in [0.2, 0.25) is 10.0 Å². The molecule has 0 bridgehead atoms. The van der Waals surface area contributed by atoms with Crippen LogP contribution >= 0.6 is 15.9 Å². The number of anilines is 1. The van der Waals surface area contributed by atoms with Gasteiger partial charge >= 0.3 is 0 Å². The maximum absolute atomic E-state index is 11.3. The van der Waals surface area contributed by atoms with Crippen molar-refractivity contribution >= 4 is 31.6 Å². The van der Waals surface area contributed by atoms with Gasteiger partial charge < -0.3 is 10.1 Å². The van der Waals surface area contributed by atoms with Gasteiger partial charge in [0.05, 0.1) is 12.0 Å². The summed E-state index contributed by atoms with van der Waals surface area (Å²) < 4.78 is 28.5. The Balaban J connectivity index is 2.17. The molecule has 2 aromatic rings. The summed E-state index contributed by atoms with van der Waals surface area (Å²) >= 11 is 3.33. The maximum Gasteiger partial charge on any atom is 0.238 e. The fraction of sp³-hybridized carbons (Fsp3) is 0.143. The van der Waals surface area contributed by atoms with E-state index in [2.05, 4.69) is 21.2 Å². The van der Waals surface area contributed by atoms with Gasteiger partial charge in [-0.3, -0.25) is 0 Å². The van der Waals surface area contributed by atoms with Crippen LogP contribution in [0.15, 0.2) is 51.8 Å². The largest absolute Gasteiger partial charge is 0.496 e. The molecular formula is C14H15BrN2O3S. The summed E-state index contributed by atoms with van der Waals surface area (Å²) in [4.78, 5) is 0.0669. The van der Waals surface area contributed by atoms with E-state index in [0.29, 0.717) is 11.0 Å². The lowest BCUT2D eigenvalue weighted by molar-refractivity contribution is 0.410. The molecule has 0 aliphatic heterocycles. The van der Waals surface area contributed by atoms with Crippen molar-refractivity contribution in [2.24, 2.45) is 5.14 Å². The highest BCUT2D eigenvalue weighted by molar-refractivity contribution is 9.10. The summed E-state index contributed by atoms with van der Waals surface area (Å²) in [5.74, 6) is 0.794. The Kier molecular flexibility index (Phi) is 4.87. The fourth-order valence-corrected chi connectivity index (χ4v) is 3.07. The minimum absolute atomic E-state index is 0.0669. The number of hydrogen-bond donors (Lipinski definition) is 2. The molecule has 112 valence electrons. The molecule has 2 aromatic carbocycles. The Morgan fingerprint density at radius 2 is 1.95 bits per heavy atom. The van der Waals surface area contributed by atoms with E-state index in [1.807, 2.05) is 24.3 Å². The summed E-state index contributed by atoms with van der Waals surface area (Å²) in [6, 6.07) is 12.3. The molecule has 21 heavy (non-hydrogen) atoms. The van der Waals surface area contributed by atoms with E-state index in [0.717, 1.165) is 17.0 Å². The van der Waals surface area contributed by atoms with E-state index in [4.69, 9.17) is 9.88 Å². The van der Waals surface area contributed by atoms with Gasteiger partial charge in [0.25, 0.3) is 0 Å². The fourth-order valence-electron chi connectivity index (χ4n) is 1.86. The summed E-state index contributed by atoms with van der Waals surface area (Å²) in [5.41, 5.74) is 1.77. The molecule has 7 heteroatoms. The van der Waals surface area contributed by atoms with Crippen LogP contribution in [0.2, 0.25) is 0 Å². The standard InChI is InChI=1S/C14H15BrN2O3S/c1-20-14-5-3-2-4-10(14)9-17-13-7-6-11(8-12(13)15)21(16,18)19/h2-8,17H,9H2,1H3,(H2,16,18,19). The molecule has 0 atom stereocenters. The van der Waals surface area contributed by atoms with E-state index >= 15 is 0 Å². The van der Waals surface area contributed by atoms with Crippen LogP contribution in [0.3, 0.4) is 0 Å². The monoisotopic (exact) mass is 370 g/mol. The van der Waals surface area contributed by atoms with Gasteiger partial charge in [-0.15, -0.1) is 0 Å². The lowest BCUT2D eigenvalue weighted by atomic mass is 10.2. The molecule has 0 unspecified atom stereocenters. The van der Waals surface area contributed by atoms with E-state index in [1.165, 1.54) is 12.1 Å². The molecule has 0 heterocycles. The Morgan fingerprint density at radius 1 is 1.24 bits per heavy atom. The first-order valence-corrected chi connectivity index (χ1v) is 8.44. The minimum atomic E-state index is -3.70. The number of hydrogen-bond acceptors (Lipinski definition) is 4. The molecule has 5 nitrogen and oxygen atoms in total. The Hall–Kier alpha value is -1.57. The number of benzene rings is 2. The number of sulfonamides is 1. The normalized spacial score (nSPS) is 11.2. The maximum atomic E-state index is 11.3. The molecule has 0 aliphatic rings. The van der Waals surface area contributed by atoms with Gasteiger partial charge in [0, 0.05) is 22.3 Å². The van der Waals surface area contributed by atoms with Gasteiger partial charge in [-0.25, -0.2) is 13.6 Å². The number of rotatable bonds is 5. The summed E-state index contributed by atoms with van der Waals surface area (Å²) in [6.07, 6.45) is 0. The average Bonchev–Trinajstić information content (AvgIpc) is 2.45. The molecule has 2 rings (SSSR count). The van der Waals surface area contributed by atoms with Crippen LogP contribution in [0.4, 0.5) is 5.69 Å². The number of para-hydroxylation sites is 1. The van der Waals surface area contributed by atoms with Crippen molar-refractivity contribution in [2.45, 2.75) is 11.4 Å². The van der Waals surface area contributed by atoms with Crippen LogP contribution < -0.4 is 15.2 Å². The molecule has 0 fully saturated rings. The second-order valence-corrected chi connectivity index (χ2v) is 6.77. The third kappa shape index (κ3) is 3.96. The zero-order valence-electron chi connectivity index (χ0n) is 11.3. The molecule has 3 N–H and O–H groups in total. The zero-order chi connectivity index (χ0) is 15.5. The van der Waals surface area contributed by atoms with Crippen molar-refractivity contribution in [2.75, 3.05) is 12.4 Å². The lowest BCUT2D eigenvalue weighted by Gasteiger charge is -2.12. The molecular weight excluding hydrogens is 356 g/mol. The van der Waals surface area contributed by atoms with Crippen LogP contribution in [0, 0.1) is 0 Å². The van der Waals surface area contributed by atoms with Gasteiger partial charge in [-0.1, -0.05) is 18.2 Å². The molecule has 0 aliphatic carbocycles. The van der Waals surface area contributed by atoms with Gasteiger partial charge in [-0.2, -0.15) is 0 Å². The third-order valence-electron chi connectivity index (χ3n) is 2.93. The zero-order valence-corrected chi connectivity index (χ0v) is 13.7. The lowest BCUT2D eigenvalue weighted by Crippen LogP contribution is -2.12. The number of halogens is 1. The molecule has 0 amide bonds. The molecule has 0 saturated carbocycles. The highest BCUT2D eigenvalue weighted by Crippen LogP contribution is 2.27. The van der Waals surface area contributed by atoms with Crippen molar-refractivity contribution in [3.63, 3.8) is 0 Å². The number of ether oxygens (including phenoxy) is 1. The molecule has 0 spiro atoms. The minimum Gasteiger partial charge on any atom is -0.496 e.